The molecule has 134 valence electrons. The van der Waals surface area contributed by atoms with Gasteiger partial charge in [0.25, 0.3) is 0 Å². The van der Waals surface area contributed by atoms with Crippen molar-refractivity contribution in [2.45, 2.75) is 63.5 Å². The zero-order chi connectivity index (χ0) is 17.2. The number of nitrogens with zero attached hydrogens (tertiary/aromatic N) is 2. The molecule has 2 unspecified atom stereocenters. The van der Waals surface area contributed by atoms with E-state index in [0.717, 1.165) is 42.5 Å². The summed E-state index contributed by atoms with van der Waals surface area (Å²) in [5.74, 6) is 1.78. The lowest BCUT2D eigenvalue weighted by atomic mass is 9.95. The minimum Gasteiger partial charge on any atom is -0.396 e. The molecule has 5 heteroatoms. The van der Waals surface area contributed by atoms with Crippen LogP contribution in [0, 0.1) is 5.92 Å². The van der Waals surface area contributed by atoms with Crippen LogP contribution >= 0.6 is 0 Å². The lowest BCUT2D eigenvalue weighted by Gasteiger charge is -2.24. The minimum atomic E-state index is 0.0374. The van der Waals surface area contributed by atoms with Gasteiger partial charge in [-0.3, -0.25) is 4.79 Å². The van der Waals surface area contributed by atoms with E-state index in [4.69, 9.17) is 4.98 Å². The van der Waals surface area contributed by atoms with Crippen molar-refractivity contribution in [2.75, 3.05) is 6.61 Å². The van der Waals surface area contributed by atoms with Gasteiger partial charge in [0, 0.05) is 24.5 Å². The maximum absolute atomic E-state index is 12.7. The van der Waals surface area contributed by atoms with E-state index in [1.807, 2.05) is 24.3 Å². The van der Waals surface area contributed by atoms with E-state index < -0.39 is 0 Å². The number of nitrogens with one attached hydrogen (secondary N) is 1. The average Bonchev–Trinajstić information content (AvgIpc) is 3.42. The molecule has 0 spiro atoms. The van der Waals surface area contributed by atoms with Crippen LogP contribution in [0.15, 0.2) is 24.3 Å². The molecule has 1 aromatic heterocycles. The molecule has 2 fully saturated rings. The molecule has 25 heavy (non-hydrogen) atoms. The first-order valence-corrected chi connectivity index (χ1v) is 9.61. The first kappa shape index (κ1) is 16.6. The van der Waals surface area contributed by atoms with Crippen molar-refractivity contribution in [3.63, 3.8) is 0 Å². The second kappa shape index (κ2) is 7.16. The molecule has 4 rings (SSSR count). The monoisotopic (exact) mass is 341 g/mol. The smallest absolute Gasteiger partial charge is 0.240 e. The number of aliphatic hydroxyl groups excluding tert-OH is 1. The van der Waals surface area contributed by atoms with E-state index in [1.54, 1.807) is 0 Å². The fraction of sp³-hybridized carbons (Fsp3) is 0.600. The molecule has 2 aromatic rings. The molecule has 0 aliphatic heterocycles. The van der Waals surface area contributed by atoms with Gasteiger partial charge in [-0.2, -0.15) is 0 Å². The van der Waals surface area contributed by atoms with Crippen LogP contribution in [-0.4, -0.2) is 33.2 Å². The Hall–Kier alpha value is -1.88. The maximum atomic E-state index is 12.7. The highest BCUT2D eigenvalue weighted by Crippen LogP contribution is 2.40. The Morgan fingerprint density at radius 1 is 1.16 bits per heavy atom. The number of hydrogen-bond acceptors (Lipinski definition) is 3. The van der Waals surface area contributed by atoms with Gasteiger partial charge in [-0.05, 0) is 37.8 Å². The van der Waals surface area contributed by atoms with Crippen LogP contribution < -0.4 is 5.32 Å². The van der Waals surface area contributed by atoms with Crippen LogP contribution in [0.5, 0.6) is 0 Å². The standard InChI is InChI=1S/C20H27N3O2/c24-13-15-6-2-1-3-7-16(15)21-19(25)12-23-18-9-5-4-8-17(18)22-20(23)14-10-11-14/h4-5,8-9,14-16,24H,1-3,6-7,10-13H2,(H,21,25). The normalized spacial score (nSPS) is 24.2. The number of carbonyl (C=O) groups excluding carboxylic acids is 1. The highest BCUT2D eigenvalue weighted by atomic mass is 16.3. The summed E-state index contributed by atoms with van der Waals surface area (Å²) in [6.07, 6.45) is 7.78. The van der Waals surface area contributed by atoms with Gasteiger partial charge in [-0.25, -0.2) is 4.98 Å². The maximum Gasteiger partial charge on any atom is 0.240 e. The van der Waals surface area contributed by atoms with Gasteiger partial charge >= 0.3 is 0 Å². The first-order valence-electron chi connectivity index (χ1n) is 9.61. The Balaban J connectivity index is 1.52. The molecule has 1 amide bonds. The van der Waals surface area contributed by atoms with Crippen molar-refractivity contribution >= 4 is 16.9 Å². The number of imidazole rings is 1. The Kier molecular flexibility index (Phi) is 4.75. The molecule has 5 nitrogen and oxygen atoms in total. The Bertz CT molecular complexity index is 750. The van der Waals surface area contributed by atoms with E-state index in [-0.39, 0.29) is 24.5 Å². The molecule has 2 aliphatic rings. The third kappa shape index (κ3) is 3.56. The van der Waals surface area contributed by atoms with Crippen LogP contribution in [0.2, 0.25) is 0 Å². The van der Waals surface area contributed by atoms with E-state index in [2.05, 4.69) is 9.88 Å². The highest BCUT2D eigenvalue weighted by Gasteiger charge is 2.31. The zero-order valence-electron chi connectivity index (χ0n) is 14.7. The van der Waals surface area contributed by atoms with Crippen molar-refractivity contribution in [1.82, 2.24) is 14.9 Å². The van der Waals surface area contributed by atoms with Crippen molar-refractivity contribution in [3.05, 3.63) is 30.1 Å². The van der Waals surface area contributed by atoms with E-state index in [9.17, 15) is 9.90 Å². The fourth-order valence-electron chi connectivity index (χ4n) is 4.10. The Labute approximate surface area is 148 Å². The van der Waals surface area contributed by atoms with Crippen molar-refractivity contribution in [1.29, 1.82) is 0 Å². The molecule has 2 saturated carbocycles. The van der Waals surface area contributed by atoms with Crippen molar-refractivity contribution < 1.29 is 9.90 Å². The number of aliphatic hydroxyl groups is 1. The van der Waals surface area contributed by atoms with Crippen molar-refractivity contribution in [3.8, 4) is 0 Å². The topological polar surface area (TPSA) is 67.2 Å². The number of aromatic nitrogens is 2. The molecule has 1 aromatic carbocycles. The lowest BCUT2D eigenvalue weighted by Crippen LogP contribution is -2.42. The van der Waals surface area contributed by atoms with Gasteiger partial charge in [0.2, 0.25) is 5.91 Å². The number of hydrogen-bond donors (Lipinski definition) is 2. The summed E-state index contributed by atoms with van der Waals surface area (Å²) in [7, 11) is 0. The fourth-order valence-corrected chi connectivity index (χ4v) is 4.10. The first-order chi connectivity index (χ1) is 12.3. The van der Waals surface area contributed by atoms with E-state index in [0.29, 0.717) is 12.5 Å². The van der Waals surface area contributed by atoms with Gasteiger partial charge in [-0.1, -0.05) is 31.4 Å². The van der Waals surface area contributed by atoms with Gasteiger partial charge in [0.15, 0.2) is 0 Å². The molecule has 0 saturated heterocycles. The molecular formula is C20H27N3O2. The molecule has 2 N–H and O–H groups in total. The van der Waals surface area contributed by atoms with Crippen molar-refractivity contribution in [2.24, 2.45) is 5.92 Å². The number of amides is 1. The van der Waals surface area contributed by atoms with E-state index in [1.165, 1.54) is 19.3 Å². The quantitative estimate of drug-likeness (QED) is 0.822. The predicted octanol–water partition coefficient (Wildman–Crippen LogP) is 2.97. The molecule has 0 bridgehead atoms. The Morgan fingerprint density at radius 2 is 1.96 bits per heavy atom. The number of fused-ring (bicyclic) bond motifs is 1. The van der Waals surface area contributed by atoms with Gasteiger partial charge in [0.1, 0.15) is 12.4 Å². The second-order valence-electron chi connectivity index (χ2n) is 7.57. The molecular weight excluding hydrogens is 314 g/mol. The van der Waals surface area contributed by atoms with Crippen LogP contribution in [0.25, 0.3) is 11.0 Å². The minimum absolute atomic E-state index is 0.0374. The number of benzene rings is 1. The Morgan fingerprint density at radius 3 is 2.76 bits per heavy atom. The zero-order valence-corrected chi connectivity index (χ0v) is 14.7. The average molecular weight is 341 g/mol. The molecule has 2 aliphatic carbocycles. The summed E-state index contributed by atoms with van der Waals surface area (Å²) in [6, 6.07) is 8.15. The summed E-state index contributed by atoms with van der Waals surface area (Å²) >= 11 is 0. The third-order valence-electron chi connectivity index (χ3n) is 5.67. The SMILES string of the molecule is O=C(Cn1c(C2CC2)nc2ccccc21)NC1CCCCCC1CO. The van der Waals surface area contributed by atoms with Crippen LogP contribution in [0.1, 0.15) is 56.7 Å². The van der Waals surface area contributed by atoms with Gasteiger partial charge in [-0.15, -0.1) is 0 Å². The molecule has 2 atom stereocenters. The summed E-state index contributed by atoms with van der Waals surface area (Å²) < 4.78 is 2.09. The van der Waals surface area contributed by atoms with E-state index >= 15 is 0 Å². The van der Waals surface area contributed by atoms with Gasteiger partial charge < -0.3 is 15.0 Å². The summed E-state index contributed by atoms with van der Waals surface area (Å²) in [5, 5.41) is 12.9. The summed E-state index contributed by atoms with van der Waals surface area (Å²) in [4.78, 5) is 17.5. The number of carbonyl (C=O) groups is 1. The molecule has 1 heterocycles. The predicted molar refractivity (Wildman–Crippen MR) is 97.3 cm³/mol. The van der Waals surface area contributed by atoms with Crippen LogP contribution in [-0.2, 0) is 11.3 Å². The number of rotatable bonds is 5. The lowest BCUT2D eigenvalue weighted by molar-refractivity contribution is -0.122. The second-order valence-corrected chi connectivity index (χ2v) is 7.57. The largest absolute Gasteiger partial charge is 0.396 e. The third-order valence-corrected chi connectivity index (χ3v) is 5.67. The molecule has 0 radical (unpaired) electrons. The summed E-state index contributed by atoms with van der Waals surface area (Å²) in [5.41, 5.74) is 2.01. The highest BCUT2D eigenvalue weighted by molar-refractivity contribution is 5.81. The van der Waals surface area contributed by atoms with Crippen LogP contribution in [0.4, 0.5) is 0 Å². The van der Waals surface area contributed by atoms with Gasteiger partial charge in [0.05, 0.1) is 11.0 Å². The number of para-hydroxylation sites is 2. The summed E-state index contributed by atoms with van der Waals surface area (Å²) in [6.45, 7) is 0.479. The van der Waals surface area contributed by atoms with Crippen LogP contribution in [0.3, 0.4) is 0 Å².